The van der Waals surface area contributed by atoms with Crippen molar-refractivity contribution < 1.29 is 4.79 Å². The van der Waals surface area contributed by atoms with Crippen molar-refractivity contribution in [3.63, 3.8) is 0 Å². The number of hydrogen-bond acceptors (Lipinski definition) is 3. The molecule has 13 heavy (non-hydrogen) atoms. The minimum Gasteiger partial charge on any atom is -0.335 e. The first kappa shape index (κ1) is 9.15. The molecule has 1 unspecified atom stereocenters. The van der Waals surface area contributed by atoms with Crippen molar-refractivity contribution in [1.29, 1.82) is 0 Å². The lowest BCUT2D eigenvalue weighted by Gasteiger charge is -2.13. The van der Waals surface area contributed by atoms with Crippen molar-refractivity contribution in [3.05, 3.63) is 16.6 Å². The summed E-state index contributed by atoms with van der Waals surface area (Å²) in [5.74, 6) is 0.190. The van der Waals surface area contributed by atoms with E-state index < -0.39 is 0 Å². The Bertz CT molecular complexity index is 301. The maximum absolute atomic E-state index is 11.5. The summed E-state index contributed by atoms with van der Waals surface area (Å²) in [5.41, 5.74) is 0. The zero-order chi connectivity index (χ0) is 9.26. The Kier molecular flexibility index (Phi) is 2.64. The number of rotatable bonds is 2. The largest absolute Gasteiger partial charge is 0.335 e. The summed E-state index contributed by atoms with van der Waals surface area (Å²) in [7, 11) is 0. The highest BCUT2D eigenvalue weighted by atomic mass is 79.9. The highest BCUT2D eigenvalue weighted by Crippen LogP contribution is 2.20. The number of halogens is 1. The molecular weight excluding hydrogens is 252 g/mol. The summed E-state index contributed by atoms with van der Waals surface area (Å²) in [6.45, 7) is 1.51. The molecule has 0 spiro atoms. The van der Waals surface area contributed by atoms with Gasteiger partial charge in [0.1, 0.15) is 5.01 Å². The molecule has 1 aromatic heterocycles. The summed E-state index contributed by atoms with van der Waals surface area (Å²) in [6.07, 6.45) is 2.68. The zero-order valence-corrected chi connectivity index (χ0v) is 9.34. The molecule has 2 heterocycles. The molecule has 0 radical (unpaired) electrons. The highest BCUT2D eigenvalue weighted by Gasteiger charge is 2.29. The lowest BCUT2D eigenvalue weighted by Crippen LogP contribution is -2.26. The maximum Gasteiger partial charge on any atom is 0.236 e. The third kappa shape index (κ3) is 1.91. The van der Waals surface area contributed by atoms with Crippen LogP contribution in [0.4, 0.5) is 0 Å². The van der Waals surface area contributed by atoms with Crippen molar-refractivity contribution in [1.82, 2.24) is 9.88 Å². The van der Waals surface area contributed by atoms with Crippen LogP contribution in [0.25, 0.3) is 0 Å². The van der Waals surface area contributed by atoms with Gasteiger partial charge in [0.15, 0.2) is 0 Å². The van der Waals surface area contributed by atoms with E-state index in [2.05, 4.69) is 20.9 Å². The van der Waals surface area contributed by atoms with Gasteiger partial charge in [0.2, 0.25) is 5.91 Å². The average Bonchev–Trinajstić information content (AvgIpc) is 2.71. The van der Waals surface area contributed by atoms with E-state index in [0.717, 1.165) is 18.0 Å². The predicted octanol–water partition coefficient (Wildman–Crippen LogP) is 1.64. The lowest BCUT2D eigenvalue weighted by atomic mass is 10.4. The molecule has 0 aromatic carbocycles. The predicted molar refractivity (Wildman–Crippen MR) is 54.9 cm³/mol. The van der Waals surface area contributed by atoms with Crippen LogP contribution in [0.1, 0.15) is 11.4 Å². The number of likely N-dealkylation sites (tertiary alicyclic amines) is 1. The van der Waals surface area contributed by atoms with Crippen LogP contribution >= 0.6 is 27.3 Å². The standard InChI is InChI=1S/C8H9BrN2OS/c9-6-1-3-11(8(6)12)5-7-10-2-4-13-7/h2,4,6H,1,3,5H2. The quantitative estimate of drug-likeness (QED) is 0.758. The number of nitrogens with zero attached hydrogens (tertiary/aromatic N) is 2. The van der Waals surface area contributed by atoms with Gasteiger partial charge in [-0.1, -0.05) is 15.9 Å². The average molecular weight is 261 g/mol. The summed E-state index contributed by atoms with van der Waals surface area (Å²) in [4.78, 5) is 17.5. The molecule has 1 aromatic rings. The number of aromatic nitrogens is 1. The second kappa shape index (κ2) is 3.75. The van der Waals surface area contributed by atoms with E-state index in [4.69, 9.17) is 0 Å². The zero-order valence-electron chi connectivity index (χ0n) is 6.94. The normalized spacial score (nSPS) is 22.7. The second-order valence-electron chi connectivity index (χ2n) is 2.94. The van der Waals surface area contributed by atoms with Gasteiger partial charge in [0.25, 0.3) is 0 Å². The van der Waals surface area contributed by atoms with Crippen molar-refractivity contribution in [2.45, 2.75) is 17.8 Å². The first-order valence-corrected chi connectivity index (χ1v) is 5.88. The van der Waals surface area contributed by atoms with E-state index in [1.54, 1.807) is 17.5 Å². The van der Waals surface area contributed by atoms with Gasteiger partial charge in [-0.2, -0.15) is 0 Å². The molecule has 1 atom stereocenters. The Morgan fingerprint density at radius 2 is 2.62 bits per heavy atom. The number of amides is 1. The van der Waals surface area contributed by atoms with Crippen LogP contribution in [0.5, 0.6) is 0 Å². The fourth-order valence-electron chi connectivity index (χ4n) is 1.35. The molecule has 1 fully saturated rings. The van der Waals surface area contributed by atoms with E-state index in [-0.39, 0.29) is 10.7 Å². The van der Waals surface area contributed by atoms with Crippen molar-refractivity contribution >= 4 is 33.2 Å². The molecule has 5 heteroatoms. The van der Waals surface area contributed by atoms with Gasteiger partial charge in [0, 0.05) is 18.1 Å². The van der Waals surface area contributed by atoms with Crippen LogP contribution in [0, 0.1) is 0 Å². The fourth-order valence-corrected chi connectivity index (χ4v) is 2.48. The Hall–Kier alpha value is -0.420. The summed E-state index contributed by atoms with van der Waals surface area (Å²) in [6, 6.07) is 0. The highest BCUT2D eigenvalue weighted by molar-refractivity contribution is 9.10. The molecule has 0 bridgehead atoms. The molecule has 1 aliphatic heterocycles. The monoisotopic (exact) mass is 260 g/mol. The number of thiazole rings is 1. The van der Waals surface area contributed by atoms with Gasteiger partial charge in [0.05, 0.1) is 11.4 Å². The summed E-state index contributed by atoms with van der Waals surface area (Å²) in [5, 5.41) is 2.94. The Balaban J connectivity index is 2.00. The summed E-state index contributed by atoms with van der Waals surface area (Å²) < 4.78 is 0. The Morgan fingerprint density at radius 3 is 3.15 bits per heavy atom. The number of hydrogen-bond donors (Lipinski definition) is 0. The van der Waals surface area contributed by atoms with Crippen LogP contribution in [-0.4, -0.2) is 27.2 Å². The SMILES string of the molecule is O=C1C(Br)CCN1Cc1nccs1. The Morgan fingerprint density at radius 1 is 1.77 bits per heavy atom. The molecule has 2 rings (SSSR count). The van der Waals surface area contributed by atoms with Gasteiger partial charge in [-0.3, -0.25) is 4.79 Å². The van der Waals surface area contributed by atoms with Crippen LogP contribution in [-0.2, 0) is 11.3 Å². The minimum absolute atomic E-state index is 0.0208. The number of carbonyl (C=O) groups is 1. The van der Waals surface area contributed by atoms with Crippen LogP contribution in [0.3, 0.4) is 0 Å². The third-order valence-electron chi connectivity index (χ3n) is 2.04. The van der Waals surface area contributed by atoms with Crippen LogP contribution in [0.2, 0.25) is 0 Å². The van der Waals surface area contributed by atoms with Gasteiger partial charge < -0.3 is 4.90 Å². The molecule has 1 saturated heterocycles. The topological polar surface area (TPSA) is 33.2 Å². The molecule has 1 aliphatic rings. The summed E-state index contributed by atoms with van der Waals surface area (Å²) >= 11 is 4.93. The van der Waals surface area contributed by atoms with E-state index in [9.17, 15) is 4.79 Å². The molecule has 0 aliphatic carbocycles. The van der Waals surface area contributed by atoms with Gasteiger partial charge in [-0.05, 0) is 6.42 Å². The van der Waals surface area contributed by atoms with Gasteiger partial charge >= 0.3 is 0 Å². The second-order valence-corrected chi connectivity index (χ2v) is 5.03. The molecule has 0 saturated carbocycles. The van der Waals surface area contributed by atoms with Crippen molar-refractivity contribution in [2.24, 2.45) is 0 Å². The molecule has 70 valence electrons. The van der Waals surface area contributed by atoms with E-state index in [1.165, 1.54) is 0 Å². The van der Waals surface area contributed by atoms with Crippen molar-refractivity contribution in [2.75, 3.05) is 6.54 Å². The first-order chi connectivity index (χ1) is 6.27. The van der Waals surface area contributed by atoms with Gasteiger partial charge in [-0.25, -0.2) is 4.98 Å². The van der Waals surface area contributed by atoms with Crippen LogP contribution < -0.4 is 0 Å². The molecule has 3 nitrogen and oxygen atoms in total. The minimum atomic E-state index is 0.0208. The smallest absolute Gasteiger partial charge is 0.236 e. The molecule has 0 N–H and O–H groups in total. The van der Waals surface area contributed by atoms with Gasteiger partial charge in [-0.15, -0.1) is 11.3 Å². The third-order valence-corrected chi connectivity index (χ3v) is 3.66. The molecular formula is C8H9BrN2OS. The van der Waals surface area contributed by atoms with E-state index >= 15 is 0 Å². The van der Waals surface area contributed by atoms with E-state index in [1.807, 2.05) is 10.3 Å². The maximum atomic E-state index is 11.5. The lowest BCUT2D eigenvalue weighted by molar-refractivity contribution is -0.127. The van der Waals surface area contributed by atoms with E-state index in [0.29, 0.717) is 6.54 Å². The number of alkyl halides is 1. The molecule has 1 amide bonds. The first-order valence-electron chi connectivity index (χ1n) is 4.08. The Labute approximate surface area is 88.9 Å². The fraction of sp³-hybridized carbons (Fsp3) is 0.500. The van der Waals surface area contributed by atoms with Crippen molar-refractivity contribution in [3.8, 4) is 0 Å². The number of carbonyl (C=O) groups excluding carboxylic acids is 1. The van der Waals surface area contributed by atoms with Crippen LogP contribution in [0.15, 0.2) is 11.6 Å².